The van der Waals surface area contributed by atoms with Gasteiger partial charge in [0.15, 0.2) is 5.75 Å². The van der Waals surface area contributed by atoms with Crippen LogP contribution in [0.15, 0.2) is 18.2 Å². The number of aromatic hydroxyl groups is 1. The maximum Gasteiger partial charge on any atom is 0.310 e. The molecule has 370 valence electrons. The second-order valence-electron chi connectivity index (χ2n) is 17.1. The summed E-state index contributed by atoms with van der Waals surface area (Å²) in [6, 6.07) is -3.74. The molecule has 1 heterocycles. The van der Waals surface area contributed by atoms with Gasteiger partial charge in [0.2, 0.25) is 53.2 Å². The maximum absolute atomic E-state index is 14.5. The Morgan fingerprint density at radius 1 is 0.836 bits per heavy atom. The minimum Gasteiger partial charge on any atom is -0.502 e. The summed E-state index contributed by atoms with van der Waals surface area (Å²) >= 11 is 0.905. The van der Waals surface area contributed by atoms with E-state index < -0.39 is 124 Å². The second kappa shape index (κ2) is 26.6. The van der Waals surface area contributed by atoms with Crippen molar-refractivity contribution in [3.05, 3.63) is 33.9 Å². The molecule has 24 nitrogen and oxygen atoms in total. The highest BCUT2D eigenvalue weighted by molar-refractivity contribution is 8.00. The molecule has 2 aliphatic rings. The van der Waals surface area contributed by atoms with E-state index in [4.69, 9.17) is 11.5 Å². The number of benzene rings is 1. The molecule has 1 spiro atoms. The summed E-state index contributed by atoms with van der Waals surface area (Å²) in [6.07, 6.45) is 0.294. The van der Waals surface area contributed by atoms with Gasteiger partial charge in [-0.05, 0) is 62.5 Å². The fourth-order valence-corrected chi connectivity index (χ4v) is 8.44. The van der Waals surface area contributed by atoms with Gasteiger partial charge in [-0.1, -0.05) is 39.2 Å². The Labute approximate surface area is 390 Å². The number of carboxylic acid groups (broad SMARTS) is 1. The van der Waals surface area contributed by atoms with Crippen LogP contribution in [0.1, 0.15) is 103 Å². The highest BCUT2D eigenvalue weighted by Gasteiger charge is 2.44. The zero-order chi connectivity index (χ0) is 49.8. The van der Waals surface area contributed by atoms with Crippen LogP contribution in [-0.4, -0.2) is 128 Å². The monoisotopic (exact) mass is 962 g/mol. The van der Waals surface area contributed by atoms with Crippen molar-refractivity contribution >= 4 is 76.6 Å². The number of amides is 9. The van der Waals surface area contributed by atoms with E-state index in [-0.39, 0.29) is 87.3 Å². The summed E-state index contributed by atoms with van der Waals surface area (Å²) in [6.45, 7) is 3.46. The molecule has 5 atom stereocenters. The third-order valence-corrected chi connectivity index (χ3v) is 12.1. The SMILES string of the molecule is CC(C)C[C@@H]1NC(=O)[C@H](CCCC(=O)O)NC(=O)CSC[C@H](C(N)=O)NC(=O)CCCCNC(=O)[C@H](CC(N)=O)NC(=O)C2(CCCCC2)NC(=O)[C@H](Cc2ccc(O)c([N+](=O)[O-])c2)NC1=O. The van der Waals surface area contributed by atoms with Crippen molar-refractivity contribution in [2.45, 2.75) is 139 Å². The first-order valence-electron chi connectivity index (χ1n) is 22.0. The van der Waals surface area contributed by atoms with E-state index in [1.807, 2.05) is 0 Å². The van der Waals surface area contributed by atoms with Gasteiger partial charge in [0.1, 0.15) is 35.7 Å². The van der Waals surface area contributed by atoms with Gasteiger partial charge in [-0.2, -0.15) is 0 Å². The predicted molar refractivity (Wildman–Crippen MR) is 240 cm³/mol. The molecule has 0 unspecified atom stereocenters. The second-order valence-corrected chi connectivity index (χ2v) is 18.1. The zero-order valence-electron chi connectivity index (χ0n) is 37.5. The molecule has 1 saturated heterocycles. The Bertz CT molecular complexity index is 2010. The van der Waals surface area contributed by atoms with Crippen molar-refractivity contribution in [2.24, 2.45) is 17.4 Å². The van der Waals surface area contributed by atoms with Gasteiger partial charge in [0, 0.05) is 37.6 Å². The largest absolute Gasteiger partial charge is 0.502 e. The summed E-state index contributed by atoms with van der Waals surface area (Å²) in [4.78, 5) is 143. The van der Waals surface area contributed by atoms with Crippen LogP contribution in [-0.2, 0) is 54.4 Å². The minimum absolute atomic E-state index is 0.00734. The Morgan fingerprint density at radius 2 is 1.51 bits per heavy atom. The Morgan fingerprint density at radius 3 is 2.13 bits per heavy atom. The van der Waals surface area contributed by atoms with Crippen LogP contribution in [0.3, 0.4) is 0 Å². The molecule has 0 aromatic heterocycles. The number of nitrogens with two attached hydrogens (primary N) is 2. The van der Waals surface area contributed by atoms with E-state index in [1.165, 1.54) is 6.07 Å². The molecule has 3 rings (SSSR count). The lowest BCUT2D eigenvalue weighted by atomic mass is 9.80. The van der Waals surface area contributed by atoms with Crippen LogP contribution >= 0.6 is 11.8 Å². The van der Waals surface area contributed by atoms with Crippen molar-refractivity contribution in [3.8, 4) is 5.75 Å². The number of nitro benzene ring substituents is 1. The van der Waals surface area contributed by atoms with E-state index in [0.717, 1.165) is 23.9 Å². The van der Waals surface area contributed by atoms with E-state index in [1.54, 1.807) is 13.8 Å². The summed E-state index contributed by atoms with van der Waals surface area (Å²) in [7, 11) is 0. The van der Waals surface area contributed by atoms with E-state index >= 15 is 0 Å². The van der Waals surface area contributed by atoms with Crippen molar-refractivity contribution in [3.63, 3.8) is 0 Å². The molecule has 1 aromatic rings. The van der Waals surface area contributed by atoms with Crippen LogP contribution in [0.2, 0.25) is 0 Å². The smallest absolute Gasteiger partial charge is 0.310 e. The summed E-state index contributed by atoms with van der Waals surface area (Å²) in [5, 5.41) is 49.3. The third-order valence-electron chi connectivity index (χ3n) is 11.0. The maximum atomic E-state index is 14.5. The lowest BCUT2D eigenvalue weighted by Gasteiger charge is -2.38. The van der Waals surface area contributed by atoms with Gasteiger partial charge in [-0.15, -0.1) is 11.8 Å². The number of nitro groups is 1. The Hall–Kier alpha value is -6.53. The van der Waals surface area contributed by atoms with Crippen molar-refractivity contribution in [2.75, 3.05) is 18.1 Å². The molecule has 1 aliphatic carbocycles. The molecule has 2 fully saturated rings. The Balaban J connectivity index is 2.10. The zero-order valence-corrected chi connectivity index (χ0v) is 38.3. The number of phenolic OH excluding ortho intramolecular Hbond substituents is 1. The molecular weight excluding hydrogens is 901 g/mol. The number of carboxylic acids is 1. The molecule has 9 amide bonds. The van der Waals surface area contributed by atoms with Crippen molar-refractivity contribution in [1.82, 2.24) is 37.2 Å². The third kappa shape index (κ3) is 18.3. The molecule has 0 bridgehead atoms. The lowest BCUT2D eigenvalue weighted by molar-refractivity contribution is -0.385. The summed E-state index contributed by atoms with van der Waals surface area (Å²) in [5.41, 5.74) is 8.66. The van der Waals surface area contributed by atoms with Gasteiger partial charge >= 0.3 is 11.7 Å². The molecule has 25 heteroatoms. The molecule has 13 N–H and O–H groups in total. The first-order valence-corrected chi connectivity index (χ1v) is 23.2. The molecule has 1 aliphatic heterocycles. The molecule has 1 aromatic carbocycles. The van der Waals surface area contributed by atoms with Crippen LogP contribution in [0, 0.1) is 16.0 Å². The lowest BCUT2D eigenvalue weighted by Crippen LogP contribution is -2.66. The van der Waals surface area contributed by atoms with E-state index in [0.29, 0.717) is 19.3 Å². The number of nitrogens with one attached hydrogen (secondary N) is 7. The summed E-state index contributed by atoms with van der Waals surface area (Å²) in [5.74, 6) is -10.1. The Kier molecular flexibility index (Phi) is 21.7. The molecular formula is C42H62N10O14S. The highest BCUT2D eigenvalue weighted by Crippen LogP contribution is 2.30. The van der Waals surface area contributed by atoms with Crippen LogP contribution < -0.4 is 48.7 Å². The van der Waals surface area contributed by atoms with E-state index in [2.05, 4.69) is 37.2 Å². The van der Waals surface area contributed by atoms with Crippen LogP contribution in [0.4, 0.5) is 5.69 Å². The molecule has 67 heavy (non-hydrogen) atoms. The first kappa shape index (κ1) is 54.8. The highest BCUT2D eigenvalue weighted by atomic mass is 32.2. The van der Waals surface area contributed by atoms with Crippen molar-refractivity contribution < 1.29 is 63.1 Å². The van der Waals surface area contributed by atoms with Gasteiger partial charge < -0.3 is 58.9 Å². The normalized spacial score (nSPS) is 23.5. The number of aliphatic carboxylic acids is 1. The predicted octanol–water partition coefficient (Wildman–Crippen LogP) is -1.22. The van der Waals surface area contributed by atoms with Crippen molar-refractivity contribution in [1.29, 1.82) is 0 Å². The number of hydrogen-bond acceptors (Lipinski definition) is 14. The number of nitrogens with zero attached hydrogens (tertiary/aromatic N) is 1. The number of carbonyl (C=O) groups is 10. The molecule has 0 radical (unpaired) electrons. The van der Waals surface area contributed by atoms with Gasteiger partial charge in [-0.25, -0.2) is 0 Å². The average Bonchev–Trinajstić information content (AvgIpc) is 3.24. The number of primary amides is 2. The quantitative estimate of drug-likeness (QED) is 0.0864. The van der Waals surface area contributed by atoms with E-state index in [9.17, 15) is 68.3 Å². The number of hydrogen-bond donors (Lipinski definition) is 11. The number of phenols is 1. The summed E-state index contributed by atoms with van der Waals surface area (Å²) < 4.78 is 0. The fourth-order valence-electron chi connectivity index (χ4n) is 7.57. The fraction of sp³-hybridized carbons (Fsp3) is 0.619. The first-order chi connectivity index (χ1) is 31.6. The standard InChI is InChI=1S/C42H62N10O14S/c1-23(2)17-26-39(62)49-27(18-24-12-13-31(53)30(19-24)52(65)66)40(63)51-42(14-5-3-6-15-42)41(64)50-28(20-32(43)54)37(60)45-16-7-4-10-33(55)47-29(36(44)59)21-67-22-34(56)46-25(38(61)48-26)9-8-11-35(57)58/h12-13,19,23,25-29,53H,3-11,14-18,20-22H2,1-2H3,(H2,43,54)(H2,44,59)(H,45,60)(H,46,56)(H,47,55)(H,48,61)(H,49,62)(H,50,64)(H,51,63)(H,57,58)/t25-,26-,27-,28-,29+/m0/s1. The number of rotatable bonds is 12. The average molecular weight is 963 g/mol. The van der Waals surface area contributed by atoms with Gasteiger partial charge in [0.05, 0.1) is 17.1 Å². The van der Waals surface area contributed by atoms with Gasteiger partial charge in [0.25, 0.3) is 0 Å². The topological polar surface area (TPSA) is 391 Å². The van der Waals surface area contributed by atoms with Crippen LogP contribution in [0.5, 0.6) is 5.75 Å². The van der Waals surface area contributed by atoms with Gasteiger partial charge in [-0.3, -0.25) is 58.1 Å². The number of thioether (sulfide) groups is 1. The number of carbonyl (C=O) groups excluding carboxylic acids is 9. The minimum atomic E-state index is -1.71. The molecule has 1 saturated carbocycles. The van der Waals surface area contributed by atoms with Crippen LogP contribution in [0.25, 0.3) is 0 Å².